The summed E-state index contributed by atoms with van der Waals surface area (Å²) in [6.45, 7) is 3.61. The number of rotatable bonds is 3. The Bertz CT molecular complexity index is 256. The molecule has 0 amide bonds. The lowest BCUT2D eigenvalue weighted by Crippen LogP contribution is -2.35. The Morgan fingerprint density at radius 1 is 1.38 bits per heavy atom. The summed E-state index contributed by atoms with van der Waals surface area (Å²) >= 11 is 0. The molecule has 4 nitrogen and oxygen atoms in total. The van der Waals surface area contributed by atoms with E-state index < -0.39 is 10.1 Å². The van der Waals surface area contributed by atoms with Crippen molar-refractivity contribution in [3.8, 4) is 0 Å². The second kappa shape index (κ2) is 8.03. The number of unbranched alkanes of at least 4 members (excludes halogenated alkanes) is 1. The number of nitrogens with zero attached hydrogens (tertiary/aromatic N) is 1. The van der Waals surface area contributed by atoms with E-state index in [1.54, 1.807) is 0 Å². The van der Waals surface area contributed by atoms with Gasteiger partial charge >= 0.3 is 0 Å². The van der Waals surface area contributed by atoms with Crippen molar-refractivity contribution in [1.82, 2.24) is 4.90 Å². The second-order valence-electron chi connectivity index (χ2n) is 4.51. The van der Waals surface area contributed by atoms with Crippen LogP contribution in [-0.2, 0) is 10.1 Å². The van der Waals surface area contributed by atoms with Gasteiger partial charge in [0.05, 0.1) is 6.26 Å². The van der Waals surface area contributed by atoms with E-state index in [2.05, 4.69) is 18.9 Å². The van der Waals surface area contributed by atoms with Gasteiger partial charge in [-0.15, -0.1) is 0 Å². The van der Waals surface area contributed by atoms with Crippen LogP contribution in [0.3, 0.4) is 0 Å². The molecular formula is C11H25NO3S. The zero-order chi connectivity index (χ0) is 12.6. The lowest BCUT2D eigenvalue weighted by atomic mass is 9.98. The molecule has 1 aliphatic heterocycles. The topological polar surface area (TPSA) is 57.6 Å². The first-order valence-electron chi connectivity index (χ1n) is 5.97. The second-order valence-corrected chi connectivity index (χ2v) is 5.97. The Labute approximate surface area is 99.8 Å². The monoisotopic (exact) mass is 251 g/mol. The van der Waals surface area contributed by atoms with Crippen LogP contribution in [0.2, 0.25) is 0 Å². The maximum Gasteiger partial charge on any atom is 0.261 e. The van der Waals surface area contributed by atoms with Crippen LogP contribution in [0.15, 0.2) is 0 Å². The van der Waals surface area contributed by atoms with Crippen molar-refractivity contribution < 1.29 is 13.0 Å². The predicted molar refractivity (Wildman–Crippen MR) is 67.3 cm³/mol. The fraction of sp³-hybridized carbons (Fsp3) is 1.00. The van der Waals surface area contributed by atoms with Gasteiger partial charge in [0.15, 0.2) is 0 Å². The molecule has 1 N–H and O–H groups in total. The SMILES string of the molecule is CCCCC1CCCCN1C.CS(=O)(=O)O. The Morgan fingerprint density at radius 2 is 1.94 bits per heavy atom. The summed E-state index contributed by atoms with van der Waals surface area (Å²) in [6, 6.07) is 0.906. The van der Waals surface area contributed by atoms with Crippen LogP contribution in [0.1, 0.15) is 45.4 Å². The Morgan fingerprint density at radius 3 is 2.38 bits per heavy atom. The molecule has 0 spiro atoms. The summed E-state index contributed by atoms with van der Waals surface area (Å²) in [5, 5.41) is 0. The zero-order valence-electron chi connectivity index (χ0n) is 10.6. The Hall–Kier alpha value is -0.130. The molecule has 5 heteroatoms. The molecule has 0 aliphatic carbocycles. The minimum Gasteiger partial charge on any atom is -0.303 e. The maximum atomic E-state index is 9.19. The van der Waals surface area contributed by atoms with Crippen molar-refractivity contribution in [2.45, 2.75) is 51.5 Å². The van der Waals surface area contributed by atoms with Crippen molar-refractivity contribution in [1.29, 1.82) is 0 Å². The molecule has 0 aromatic rings. The molecule has 0 aromatic heterocycles. The van der Waals surface area contributed by atoms with Crippen molar-refractivity contribution in [3.63, 3.8) is 0 Å². The Balaban J connectivity index is 0.000000385. The average Bonchev–Trinajstić information content (AvgIpc) is 2.14. The van der Waals surface area contributed by atoms with E-state index in [4.69, 9.17) is 4.55 Å². The van der Waals surface area contributed by atoms with Gasteiger partial charge in [0.2, 0.25) is 0 Å². The van der Waals surface area contributed by atoms with Gasteiger partial charge < -0.3 is 4.90 Å². The van der Waals surface area contributed by atoms with Crippen molar-refractivity contribution in [3.05, 3.63) is 0 Å². The quantitative estimate of drug-likeness (QED) is 0.781. The highest BCUT2D eigenvalue weighted by Gasteiger charge is 2.17. The highest BCUT2D eigenvalue weighted by atomic mass is 32.2. The first-order chi connectivity index (χ1) is 7.34. The van der Waals surface area contributed by atoms with Gasteiger partial charge in [-0.05, 0) is 32.9 Å². The van der Waals surface area contributed by atoms with Gasteiger partial charge in [0.25, 0.3) is 10.1 Å². The molecular weight excluding hydrogens is 226 g/mol. The van der Waals surface area contributed by atoms with Crippen LogP contribution >= 0.6 is 0 Å². The van der Waals surface area contributed by atoms with Gasteiger partial charge in [0, 0.05) is 6.04 Å². The number of piperidine rings is 1. The van der Waals surface area contributed by atoms with Crippen LogP contribution in [0, 0.1) is 0 Å². The molecule has 1 fully saturated rings. The predicted octanol–water partition coefficient (Wildman–Crippen LogP) is 2.16. The molecule has 1 unspecified atom stereocenters. The van der Waals surface area contributed by atoms with E-state index in [0.29, 0.717) is 6.26 Å². The van der Waals surface area contributed by atoms with Crippen LogP contribution in [0.5, 0.6) is 0 Å². The smallest absolute Gasteiger partial charge is 0.261 e. The first-order valence-corrected chi connectivity index (χ1v) is 7.82. The minimum absolute atomic E-state index is 0.715. The molecule has 98 valence electrons. The van der Waals surface area contributed by atoms with E-state index in [1.165, 1.54) is 45.1 Å². The molecule has 1 atom stereocenters. The lowest BCUT2D eigenvalue weighted by molar-refractivity contribution is 0.173. The van der Waals surface area contributed by atoms with E-state index in [9.17, 15) is 8.42 Å². The largest absolute Gasteiger partial charge is 0.303 e. The van der Waals surface area contributed by atoms with Crippen molar-refractivity contribution in [2.75, 3.05) is 19.8 Å². The third-order valence-electron chi connectivity index (χ3n) is 2.81. The third-order valence-corrected chi connectivity index (χ3v) is 2.81. The fourth-order valence-electron chi connectivity index (χ4n) is 1.95. The summed E-state index contributed by atoms with van der Waals surface area (Å²) in [5.41, 5.74) is 0. The van der Waals surface area contributed by atoms with Gasteiger partial charge in [-0.25, -0.2) is 0 Å². The Kier molecular flexibility index (Phi) is 7.97. The minimum atomic E-state index is -3.67. The molecule has 1 heterocycles. The van der Waals surface area contributed by atoms with E-state index >= 15 is 0 Å². The van der Waals surface area contributed by atoms with Crippen LogP contribution < -0.4 is 0 Å². The molecule has 0 radical (unpaired) electrons. The van der Waals surface area contributed by atoms with Gasteiger partial charge in [-0.1, -0.05) is 26.2 Å². The molecule has 0 aromatic carbocycles. The molecule has 0 saturated carbocycles. The molecule has 1 saturated heterocycles. The number of likely N-dealkylation sites (tertiary alicyclic amines) is 1. The van der Waals surface area contributed by atoms with Gasteiger partial charge in [0.1, 0.15) is 0 Å². The molecule has 1 aliphatic rings. The summed E-state index contributed by atoms with van der Waals surface area (Å²) in [6.07, 6.45) is 9.22. The summed E-state index contributed by atoms with van der Waals surface area (Å²) in [4.78, 5) is 2.54. The standard InChI is InChI=1S/C10H21N.CH4O3S/c1-3-4-7-10-8-5-6-9-11(10)2;1-5(2,3)4/h10H,3-9H2,1-2H3;1H3,(H,2,3,4). The molecule has 0 bridgehead atoms. The van der Waals surface area contributed by atoms with Gasteiger partial charge in [-0.3, -0.25) is 4.55 Å². The third kappa shape index (κ3) is 10.4. The highest BCUT2D eigenvalue weighted by Crippen LogP contribution is 2.19. The summed E-state index contributed by atoms with van der Waals surface area (Å²) in [5.74, 6) is 0. The van der Waals surface area contributed by atoms with Crippen molar-refractivity contribution in [2.24, 2.45) is 0 Å². The van der Waals surface area contributed by atoms with Crippen LogP contribution in [0.4, 0.5) is 0 Å². The van der Waals surface area contributed by atoms with Crippen molar-refractivity contribution >= 4 is 10.1 Å². The highest BCUT2D eigenvalue weighted by molar-refractivity contribution is 7.85. The molecule has 1 rings (SSSR count). The number of hydrogen-bond donors (Lipinski definition) is 1. The zero-order valence-corrected chi connectivity index (χ0v) is 11.5. The average molecular weight is 251 g/mol. The fourth-order valence-corrected chi connectivity index (χ4v) is 1.95. The first kappa shape index (κ1) is 15.9. The maximum absolute atomic E-state index is 9.19. The molecule has 16 heavy (non-hydrogen) atoms. The van der Waals surface area contributed by atoms with Crippen LogP contribution in [-0.4, -0.2) is 43.8 Å². The number of hydrogen-bond acceptors (Lipinski definition) is 3. The van der Waals surface area contributed by atoms with E-state index in [0.717, 1.165) is 6.04 Å². The summed E-state index contributed by atoms with van der Waals surface area (Å²) < 4.78 is 25.9. The summed E-state index contributed by atoms with van der Waals surface area (Å²) in [7, 11) is -1.39. The normalized spacial score (nSPS) is 22.4. The van der Waals surface area contributed by atoms with E-state index in [1.807, 2.05) is 0 Å². The van der Waals surface area contributed by atoms with E-state index in [-0.39, 0.29) is 0 Å². The van der Waals surface area contributed by atoms with Gasteiger partial charge in [-0.2, -0.15) is 8.42 Å². The van der Waals surface area contributed by atoms with Crippen LogP contribution in [0.25, 0.3) is 0 Å². The lowest BCUT2D eigenvalue weighted by Gasteiger charge is -2.32.